The maximum atomic E-state index is 13.5. The molecule has 6 N–H and O–H groups in total. The van der Waals surface area contributed by atoms with E-state index in [2.05, 4.69) is 10.3 Å². The fourth-order valence-corrected chi connectivity index (χ4v) is 6.82. The van der Waals surface area contributed by atoms with Crippen LogP contribution >= 0.6 is 11.3 Å². The molecule has 14 nitrogen and oxygen atoms in total. The molecule has 44 heavy (non-hydrogen) atoms. The van der Waals surface area contributed by atoms with Crippen LogP contribution in [0.4, 0.5) is 9.52 Å². The highest BCUT2D eigenvalue weighted by atomic mass is 32.1. The molecule has 0 spiro atoms. The van der Waals surface area contributed by atoms with Gasteiger partial charge in [0.05, 0.1) is 36.0 Å². The fraction of sp³-hybridized carbons (Fsp3) is 0.464. The first-order valence-corrected chi connectivity index (χ1v) is 14.7. The van der Waals surface area contributed by atoms with Gasteiger partial charge in [0.1, 0.15) is 30.2 Å². The van der Waals surface area contributed by atoms with E-state index in [1.54, 1.807) is 6.07 Å². The summed E-state index contributed by atoms with van der Waals surface area (Å²) in [5, 5.41) is 55.8. The molecule has 16 heteroatoms. The summed E-state index contributed by atoms with van der Waals surface area (Å²) in [7, 11) is 1.23. The lowest BCUT2D eigenvalue weighted by molar-refractivity contribution is -0.235. The van der Waals surface area contributed by atoms with Gasteiger partial charge in [-0.3, -0.25) is 14.6 Å². The minimum Gasteiger partial charge on any atom is -0.504 e. The molecule has 0 aliphatic carbocycles. The van der Waals surface area contributed by atoms with E-state index in [-0.39, 0.29) is 47.3 Å². The maximum Gasteiger partial charge on any atom is 0.339 e. The molecule has 6 rings (SSSR count). The summed E-state index contributed by atoms with van der Waals surface area (Å²) in [6.45, 7) is 1.39. The first-order chi connectivity index (χ1) is 21.1. The first kappa shape index (κ1) is 30.4. The van der Waals surface area contributed by atoms with Gasteiger partial charge in [0.25, 0.3) is 0 Å². The number of nitrogens with zero attached hydrogens (tertiary/aromatic N) is 3. The molecule has 2 unspecified atom stereocenters. The van der Waals surface area contributed by atoms with Crippen LogP contribution in [0, 0.1) is 5.82 Å². The maximum absolute atomic E-state index is 13.5. The number of hydrogen-bond donors (Lipinski definition) is 6. The Bertz CT molecular complexity index is 1600. The highest BCUT2D eigenvalue weighted by Crippen LogP contribution is 2.52. The van der Waals surface area contributed by atoms with E-state index in [1.807, 2.05) is 9.80 Å². The Morgan fingerprint density at radius 3 is 2.59 bits per heavy atom. The number of aromatic nitrogens is 1. The number of benzene rings is 2. The van der Waals surface area contributed by atoms with Gasteiger partial charge in [0.15, 0.2) is 22.7 Å². The molecule has 0 saturated carbocycles. The van der Waals surface area contributed by atoms with E-state index in [0.717, 1.165) is 0 Å². The Kier molecular flexibility index (Phi) is 8.31. The number of aliphatic hydroxyl groups is 3. The predicted octanol–water partition coefficient (Wildman–Crippen LogP) is 0.304. The highest BCUT2D eigenvalue weighted by molar-refractivity contribution is 7.22. The summed E-state index contributed by atoms with van der Waals surface area (Å²) >= 11 is 1.18. The molecule has 1 amide bonds. The number of piperazine rings is 1. The van der Waals surface area contributed by atoms with E-state index >= 15 is 0 Å². The van der Waals surface area contributed by atoms with Crippen LogP contribution in [0.3, 0.4) is 0 Å². The van der Waals surface area contributed by atoms with E-state index in [4.69, 9.17) is 14.2 Å². The molecule has 0 radical (unpaired) electrons. The van der Waals surface area contributed by atoms with Gasteiger partial charge >= 0.3 is 5.97 Å². The monoisotopic (exact) mass is 634 g/mol. The molecule has 4 heterocycles. The van der Waals surface area contributed by atoms with E-state index < -0.39 is 54.6 Å². The SMILES string of the molecule is COc1c(O)c(CN2CCN(CC(=O)Nc3nc4ccc(F)cc4s3)CC2)c2c(c1O)C1O[C@H](CO)[C@@H](O)[C@H](O)C1OC2=O. The number of ether oxygens (including phenoxy) is 3. The second kappa shape index (κ2) is 12.0. The molecule has 1 aromatic heterocycles. The molecule has 0 bridgehead atoms. The zero-order valence-electron chi connectivity index (χ0n) is 23.5. The number of rotatable bonds is 7. The number of carbonyl (C=O) groups excluding carboxylic acids is 2. The van der Waals surface area contributed by atoms with E-state index in [1.165, 1.54) is 30.6 Å². The van der Waals surface area contributed by atoms with Gasteiger partial charge in [0, 0.05) is 43.9 Å². The predicted molar refractivity (Wildman–Crippen MR) is 152 cm³/mol. The molecule has 3 aliphatic rings. The van der Waals surface area contributed by atoms with E-state index in [9.17, 15) is 39.5 Å². The smallest absolute Gasteiger partial charge is 0.339 e. The molecule has 3 aliphatic heterocycles. The minimum absolute atomic E-state index is 0.0498. The lowest BCUT2D eigenvalue weighted by atomic mass is 9.84. The number of amides is 1. The molecule has 2 aromatic carbocycles. The third-order valence-electron chi connectivity index (χ3n) is 8.16. The number of halogens is 1. The highest BCUT2D eigenvalue weighted by Gasteiger charge is 2.53. The lowest BCUT2D eigenvalue weighted by Crippen LogP contribution is -2.58. The summed E-state index contributed by atoms with van der Waals surface area (Å²) in [6, 6.07) is 4.22. The van der Waals surface area contributed by atoms with Crippen molar-refractivity contribution in [2.24, 2.45) is 0 Å². The van der Waals surface area contributed by atoms with Crippen LogP contribution in [-0.2, 0) is 20.8 Å². The lowest BCUT2D eigenvalue weighted by Gasteiger charge is -2.45. The number of phenols is 2. The van der Waals surface area contributed by atoms with Gasteiger partial charge < -0.3 is 45.1 Å². The van der Waals surface area contributed by atoms with Crippen molar-refractivity contribution in [2.75, 3.05) is 51.8 Å². The molecular formula is C28H31FN4O10S. The Balaban J connectivity index is 1.16. The zero-order valence-corrected chi connectivity index (χ0v) is 24.3. The van der Waals surface area contributed by atoms with Crippen LogP contribution in [0.15, 0.2) is 18.2 Å². The fourth-order valence-electron chi connectivity index (χ4n) is 5.91. The average molecular weight is 635 g/mol. The number of phenolic OH excluding ortho intramolecular Hbond substituents is 2. The summed E-state index contributed by atoms with van der Waals surface area (Å²) in [5.41, 5.74) is 0.474. The average Bonchev–Trinajstić information content (AvgIpc) is 3.39. The number of thiazole rings is 1. The Morgan fingerprint density at radius 2 is 1.89 bits per heavy atom. The Morgan fingerprint density at radius 1 is 1.16 bits per heavy atom. The number of hydrogen-bond acceptors (Lipinski definition) is 14. The van der Waals surface area contributed by atoms with Crippen molar-refractivity contribution >= 4 is 38.6 Å². The first-order valence-electron chi connectivity index (χ1n) is 13.9. The second-order valence-electron chi connectivity index (χ2n) is 10.9. The minimum atomic E-state index is -1.60. The number of methoxy groups -OCH3 is 1. The normalized spacial score (nSPS) is 25.8. The standard InChI is InChI=1S/C28H31FN4O10S/c1-41-25-20(36)13(18-19(22(25)38)24-26(43-27(18)40)23(39)21(37)15(11-34)42-24)9-32-4-6-33(7-5-32)10-17(35)31-28-30-14-3-2-12(29)8-16(14)44-28/h2-3,8,15,21,23-24,26,34,36-39H,4-7,9-11H2,1H3,(H,30,31,35)/t15-,21-,23+,24?,26?/m1/s1. The number of nitrogens with one attached hydrogen (secondary N) is 1. The van der Waals surface area contributed by atoms with Crippen molar-refractivity contribution < 1.29 is 53.7 Å². The van der Waals surface area contributed by atoms with Crippen LogP contribution in [-0.4, -0.2) is 123 Å². The summed E-state index contributed by atoms with van der Waals surface area (Å²) in [5.74, 6) is -2.93. The number of aromatic hydroxyl groups is 2. The number of fused-ring (bicyclic) bond motifs is 4. The molecule has 3 aromatic rings. The van der Waals surface area contributed by atoms with Crippen molar-refractivity contribution in [2.45, 2.75) is 37.1 Å². The Labute approximate surface area is 253 Å². The van der Waals surface area contributed by atoms with Crippen LogP contribution in [0.1, 0.15) is 27.6 Å². The van der Waals surface area contributed by atoms with Crippen molar-refractivity contribution in [3.05, 3.63) is 40.7 Å². The van der Waals surface area contributed by atoms with Crippen LogP contribution < -0.4 is 10.1 Å². The Hall–Kier alpha value is -3.64. The van der Waals surface area contributed by atoms with Crippen molar-refractivity contribution in [3.8, 4) is 17.2 Å². The molecule has 2 fully saturated rings. The number of anilines is 1. The second-order valence-corrected chi connectivity index (χ2v) is 11.9. The largest absolute Gasteiger partial charge is 0.504 e. The van der Waals surface area contributed by atoms with Gasteiger partial charge in [-0.1, -0.05) is 11.3 Å². The number of carbonyl (C=O) groups is 2. The number of aliphatic hydroxyl groups excluding tert-OH is 3. The van der Waals surface area contributed by atoms with Crippen molar-refractivity contribution in [1.29, 1.82) is 0 Å². The van der Waals surface area contributed by atoms with Gasteiger partial charge in [-0.05, 0) is 18.2 Å². The van der Waals surface area contributed by atoms with Crippen LogP contribution in [0.2, 0.25) is 0 Å². The molecule has 2 saturated heterocycles. The quantitative estimate of drug-likeness (QED) is 0.195. The third kappa shape index (κ3) is 5.42. The van der Waals surface area contributed by atoms with Gasteiger partial charge in [-0.2, -0.15) is 0 Å². The van der Waals surface area contributed by atoms with Gasteiger partial charge in [0.2, 0.25) is 11.7 Å². The molecular weight excluding hydrogens is 603 g/mol. The number of esters is 1. The van der Waals surface area contributed by atoms with Gasteiger partial charge in [-0.25, -0.2) is 14.2 Å². The topological polar surface area (TPSA) is 194 Å². The molecule has 5 atom stereocenters. The summed E-state index contributed by atoms with van der Waals surface area (Å²) < 4.78 is 30.6. The molecule has 236 valence electrons. The van der Waals surface area contributed by atoms with Gasteiger partial charge in [-0.15, -0.1) is 0 Å². The van der Waals surface area contributed by atoms with E-state index in [0.29, 0.717) is 41.5 Å². The van der Waals surface area contributed by atoms with Crippen molar-refractivity contribution in [1.82, 2.24) is 14.8 Å². The zero-order chi connectivity index (χ0) is 31.3. The van der Waals surface area contributed by atoms with Crippen LogP contribution in [0.25, 0.3) is 10.2 Å². The third-order valence-corrected chi connectivity index (χ3v) is 9.09. The summed E-state index contributed by atoms with van der Waals surface area (Å²) in [4.78, 5) is 34.1. The van der Waals surface area contributed by atoms with Crippen molar-refractivity contribution in [3.63, 3.8) is 0 Å². The van der Waals surface area contributed by atoms with Crippen LogP contribution in [0.5, 0.6) is 17.2 Å². The summed E-state index contributed by atoms with van der Waals surface area (Å²) in [6.07, 6.45) is -6.99.